The highest BCUT2D eigenvalue weighted by Crippen LogP contribution is 2.33. The monoisotopic (exact) mass is 637 g/mol. The van der Waals surface area contributed by atoms with Gasteiger partial charge in [-0.3, -0.25) is 4.79 Å². The van der Waals surface area contributed by atoms with E-state index in [2.05, 4.69) is 4.90 Å². The Labute approximate surface area is 263 Å². The lowest BCUT2D eigenvalue weighted by molar-refractivity contribution is -0.137. The van der Waals surface area contributed by atoms with Crippen LogP contribution in [0.1, 0.15) is 77.2 Å². The number of nitrogens with zero attached hydrogens (tertiary/aromatic N) is 2. The Kier molecular flexibility index (Phi) is 10.3. The zero-order valence-corrected chi connectivity index (χ0v) is 27.2. The summed E-state index contributed by atoms with van der Waals surface area (Å²) in [6.45, 7) is 11.2. The zero-order chi connectivity index (χ0) is 32.9. The van der Waals surface area contributed by atoms with Crippen molar-refractivity contribution in [2.45, 2.75) is 65.7 Å². The van der Waals surface area contributed by atoms with Crippen molar-refractivity contribution in [2.75, 3.05) is 24.5 Å². The SMILES string of the molecule is CCN(CCCCCC(=O)O)c1ccc2cc(C=Cc3cc(C(C)(C)C)oc4cc(=[N+](CC)S(=O)(=O)O)ccc3-4)c(=O)oc2c1. The van der Waals surface area contributed by atoms with Gasteiger partial charge < -0.3 is 18.8 Å². The molecule has 1 aliphatic carbocycles. The molecule has 45 heavy (non-hydrogen) atoms. The predicted molar refractivity (Wildman–Crippen MR) is 177 cm³/mol. The van der Waals surface area contributed by atoms with E-state index in [1.165, 1.54) is 0 Å². The van der Waals surface area contributed by atoms with Crippen LogP contribution in [0.25, 0.3) is 34.4 Å². The molecule has 1 aromatic heterocycles. The molecule has 240 valence electrons. The number of carbonyl (C=O) groups is 1. The smallest absolute Gasteiger partial charge is 0.481 e. The van der Waals surface area contributed by atoms with E-state index in [9.17, 15) is 22.6 Å². The van der Waals surface area contributed by atoms with Gasteiger partial charge in [0.15, 0.2) is 6.54 Å². The van der Waals surface area contributed by atoms with Gasteiger partial charge in [-0.2, -0.15) is 0 Å². The topological polar surface area (TPSA) is 141 Å². The summed E-state index contributed by atoms with van der Waals surface area (Å²) in [5.74, 6) is 0.309. The van der Waals surface area contributed by atoms with Gasteiger partial charge in [-0.1, -0.05) is 37.2 Å². The molecule has 0 saturated heterocycles. The van der Waals surface area contributed by atoms with E-state index in [0.29, 0.717) is 34.7 Å². The molecule has 4 rings (SSSR count). The lowest BCUT2D eigenvalue weighted by atomic mass is 9.90. The van der Waals surface area contributed by atoms with Gasteiger partial charge in [0.05, 0.1) is 11.6 Å². The van der Waals surface area contributed by atoms with Crippen molar-refractivity contribution in [1.82, 2.24) is 3.98 Å². The van der Waals surface area contributed by atoms with Gasteiger partial charge in [0.2, 0.25) is 5.36 Å². The Hall–Kier alpha value is -4.22. The van der Waals surface area contributed by atoms with Crippen molar-refractivity contribution in [1.29, 1.82) is 0 Å². The second kappa shape index (κ2) is 13.8. The number of fused-ring (bicyclic) bond motifs is 2. The van der Waals surface area contributed by atoms with E-state index in [-0.39, 0.29) is 23.7 Å². The molecular formula is C34H41N2O8S+. The number of carboxylic acids is 1. The molecule has 0 saturated carbocycles. The first kappa shape index (κ1) is 33.7. The molecule has 1 aliphatic heterocycles. The summed E-state index contributed by atoms with van der Waals surface area (Å²) >= 11 is 0. The van der Waals surface area contributed by atoms with Crippen LogP contribution in [-0.4, -0.2) is 43.7 Å². The van der Waals surface area contributed by atoms with Crippen molar-refractivity contribution in [3.05, 3.63) is 81.2 Å². The maximum atomic E-state index is 13.1. The molecule has 1 aromatic carbocycles. The molecule has 0 amide bonds. The third kappa shape index (κ3) is 8.29. The summed E-state index contributed by atoms with van der Waals surface area (Å²) in [7, 11) is -4.46. The Morgan fingerprint density at radius 2 is 1.69 bits per heavy atom. The van der Waals surface area contributed by atoms with Gasteiger partial charge >= 0.3 is 21.9 Å². The largest absolute Gasteiger partial charge is 0.506 e. The predicted octanol–water partition coefficient (Wildman–Crippen LogP) is 6.02. The normalized spacial score (nSPS) is 13.1. The minimum atomic E-state index is -4.46. The maximum Gasteiger partial charge on any atom is 0.506 e. The molecule has 11 heteroatoms. The fourth-order valence-electron chi connectivity index (χ4n) is 5.18. The van der Waals surface area contributed by atoms with E-state index in [0.717, 1.165) is 46.5 Å². The van der Waals surface area contributed by atoms with Crippen molar-refractivity contribution in [3.63, 3.8) is 0 Å². The minimum Gasteiger partial charge on any atom is -0.481 e. The Balaban J connectivity index is 1.68. The number of anilines is 1. The van der Waals surface area contributed by atoms with Crippen LogP contribution in [0.5, 0.6) is 0 Å². The summed E-state index contributed by atoms with van der Waals surface area (Å²) in [4.78, 5) is 26.0. The Morgan fingerprint density at radius 1 is 0.956 bits per heavy atom. The fourth-order valence-corrected chi connectivity index (χ4v) is 5.88. The third-order valence-corrected chi connectivity index (χ3v) is 8.66. The standard InChI is InChI=1S/C34H40N2O8S/c1-6-35(18-10-8-9-11-32(37)38)26-15-14-24-19-25(33(39)44-29(24)21-26)13-12-23-20-31(34(3,4)5)43-30-22-27(16-17-28(23)30)36(7-2)45(40,41)42/h12-17,19-22H,6-11,18H2,1-5H3,(H-,37,38,40,41,42)/p+1. The van der Waals surface area contributed by atoms with E-state index in [4.69, 9.17) is 13.9 Å². The second-order valence-corrected chi connectivity index (χ2v) is 13.3. The van der Waals surface area contributed by atoms with Crippen LogP contribution in [0.4, 0.5) is 5.69 Å². The van der Waals surface area contributed by atoms with Gasteiger partial charge in [0, 0.05) is 53.7 Å². The lowest BCUT2D eigenvalue weighted by Crippen LogP contribution is -2.35. The second-order valence-electron chi connectivity index (χ2n) is 12.0. The van der Waals surface area contributed by atoms with Crippen molar-refractivity contribution in [2.24, 2.45) is 0 Å². The molecule has 2 aliphatic rings. The number of aliphatic carboxylic acids is 1. The molecule has 2 heterocycles. The van der Waals surface area contributed by atoms with E-state index >= 15 is 0 Å². The third-order valence-electron chi connectivity index (χ3n) is 7.63. The first-order valence-corrected chi connectivity index (χ1v) is 16.5. The van der Waals surface area contributed by atoms with Gasteiger partial charge in [-0.05, 0) is 68.7 Å². The molecule has 0 atom stereocenters. The van der Waals surface area contributed by atoms with Gasteiger partial charge in [-0.15, -0.1) is 8.42 Å². The highest BCUT2D eigenvalue weighted by Gasteiger charge is 2.24. The molecule has 0 unspecified atom stereocenters. The lowest BCUT2D eigenvalue weighted by Gasteiger charge is -2.23. The van der Waals surface area contributed by atoms with Crippen LogP contribution in [0.15, 0.2) is 62.2 Å². The zero-order valence-electron chi connectivity index (χ0n) is 26.4. The van der Waals surface area contributed by atoms with Gasteiger partial charge in [0.1, 0.15) is 17.1 Å². The molecule has 0 radical (unpaired) electrons. The van der Waals surface area contributed by atoms with Gasteiger partial charge in [-0.25, -0.2) is 9.35 Å². The molecule has 0 fully saturated rings. The summed E-state index contributed by atoms with van der Waals surface area (Å²) in [6, 6.07) is 14.4. The first-order chi connectivity index (χ1) is 21.2. The Morgan fingerprint density at radius 3 is 2.33 bits per heavy atom. The summed E-state index contributed by atoms with van der Waals surface area (Å²) in [6.07, 6.45) is 6.01. The Bertz CT molecular complexity index is 1930. The number of carboxylic acid groups (broad SMARTS) is 1. The van der Waals surface area contributed by atoms with E-state index < -0.39 is 21.9 Å². The average Bonchev–Trinajstić information content (AvgIpc) is 2.96. The van der Waals surface area contributed by atoms with Gasteiger partial charge in [0.25, 0.3) is 0 Å². The van der Waals surface area contributed by atoms with Crippen LogP contribution in [0.3, 0.4) is 0 Å². The first-order valence-electron chi connectivity index (χ1n) is 15.1. The maximum absolute atomic E-state index is 13.1. The van der Waals surface area contributed by atoms with E-state index in [1.807, 2.05) is 58.0 Å². The molecule has 0 bridgehead atoms. The van der Waals surface area contributed by atoms with Crippen LogP contribution < -0.4 is 19.9 Å². The van der Waals surface area contributed by atoms with Crippen LogP contribution >= 0.6 is 0 Å². The average molecular weight is 638 g/mol. The molecule has 10 nitrogen and oxygen atoms in total. The number of rotatable bonds is 12. The summed E-state index contributed by atoms with van der Waals surface area (Å²) in [5.41, 5.74) is 2.38. The highest BCUT2D eigenvalue weighted by atomic mass is 32.2. The summed E-state index contributed by atoms with van der Waals surface area (Å²) in [5, 5.41) is 9.88. The summed E-state index contributed by atoms with van der Waals surface area (Å²) < 4.78 is 46.3. The number of unbranched alkanes of at least 4 members (excludes halogenated alkanes) is 2. The molecule has 2 N–H and O–H groups in total. The molecular weight excluding hydrogens is 596 g/mol. The van der Waals surface area contributed by atoms with Crippen LogP contribution in [0, 0.1) is 0 Å². The number of benzene rings is 2. The van der Waals surface area contributed by atoms with Crippen LogP contribution in [-0.2, 0) is 20.5 Å². The molecule has 0 spiro atoms. The quantitative estimate of drug-likeness (QED) is 0.0825. The number of hydrogen-bond acceptors (Lipinski definition) is 7. The van der Waals surface area contributed by atoms with Crippen molar-refractivity contribution >= 4 is 45.1 Å². The number of hydrogen-bond donors (Lipinski definition) is 2. The fraction of sp³-hybridized carbons (Fsp3) is 0.382. The van der Waals surface area contributed by atoms with Crippen LogP contribution in [0.2, 0.25) is 0 Å². The van der Waals surface area contributed by atoms with Crippen molar-refractivity contribution in [3.8, 4) is 11.3 Å². The highest BCUT2D eigenvalue weighted by molar-refractivity contribution is 7.84. The van der Waals surface area contributed by atoms with E-state index in [1.54, 1.807) is 37.3 Å². The van der Waals surface area contributed by atoms with Crippen molar-refractivity contribution < 1.29 is 31.7 Å². The molecule has 2 aromatic rings. The minimum absolute atomic E-state index is 0.0420.